The third-order valence-corrected chi connectivity index (χ3v) is 7.71. The van der Waals surface area contributed by atoms with Gasteiger partial charge in [0.2, 0.25) is 17.6 Å². The molecule has 1 saturated heterocycles. The monoisotopic (exact) mass is 592 g/mol. The fourth-order valence-electron chi connectivity index (χ4n) is 5.54. The molecule has 2 unspecified atom stereocenters. The van der Waals surface area contributed by atoms with Crippen LogP contribution in [0.5, 0.6) is 5.75 Å². The Labute approximate surface area is 251 Å². The molecule has 43 heavy (non-hydrogen) atoms. The summed E-state index contributed by atoms with van der Waals surface area (Å²) < 4.78 is 12.4. The fraction of sp³-hybridized carbons (Fsp3) is 0.469. The number of carbonyl (C=O) groups is 5. The molecule has 1 fully saturated rings. The highest BCUT2D eigenvalue weighted by atomic mass is 16.5. The first-order valence-electron chi connectivity index (χ1n) is 14.7. The summed E-state index contributed by atoms with van der Waals surface area (Å²) in [5.41, 5.74) is 5.85. The van der Waals surface area contributed by atoms with Gasteiger partial charge in [-0.2, -0.15) is 0 Å². The zero-order valence-corrected chi connectivity index (χ0v) is 24.8. The molecular weight excluding hydrogens is 552 g/mol. The van der Waals surface area contributed by atoms with E-state index in [0.29, 0.717) is 30.8 Å². The maximum atomic E-state index is 14.3. The lowest BCUT2D eigenvalue weighted by Crippen LogP contribution is -2.54. The molecule has 0 spiro atoms. The number of benzene rings is 2. The van der Waals surface area contributed by atoms with Crippen LogP contribution >= 0.6 is 0 Å². The number of nitrogens with zero attached hydrogens (tertiary/aromatic N) is 1. The second-order valence-corrected chi connectivity index (χ2v) is 11.7. The SMILES string of the molecule is CCCC(NC(=O)C1C[C@@H]2CN1C(=O)[C@H](c1ccccc1)NC(=O)Cc1cccc(c1)OCCC(C)(C)O2)C(=O)C(N)=O. The molecule has 2 aromatic carbocycles. The van der Waals surface area contributed by atoms with Crippen LogP contribution in [0.15, 0.2) is 54.6 Å². The average molecular weight is 593 g/mol. The normalized spacial score (nSPS) is 23.0. The van der Waals surface area contributed by atoms with E-state index in [0.717, 1.165) is 5.56 Å². The highest BCUT2D eigenvalue weighted by Crippen LogP contribution is 2.30. The van der Waals surface area contributed by atoms with E-state index < -0.39 is 53.3 Å². The molecule has 2 aliphatic rings. The Balaban J connectivity index is 1.69. The lowest BCUT2D eigenvalue weighted by atomic mass is 10.0. The third-order valence-electron chi connectivity index (χ3n) is 7.71. The zero-order chi connectivity index (χ0) is 31.1. The van der Waals surface area contributed by atoms with Crippen LogP contribution in [0.1, 0.15) is 63.6 Å². The molecule has 0 aliphatic carbocycles. The van der Waals surface area contributed by atoms with Gasteiger partial charge in [0.15, 0.2) is 0 Å². The molecule has 230 valence electrons. The number of ether oxygens (including phenoxy) is 2. The summed E-state index contributed by atoms with van der Waals surface area (Å²) in [6.45, 7) is 6.10. The predicted octanol–water partition coefficient (Wildman–Crippen LogP) is 1.97. The quantitative estimate of drug-likeness (QED) is 0.415. The molecule has 11 nitrogen and oxygen atoms in total. The van der Waals surface area contributed by atoms with E-state index in [1.807, 2.05) is 39.0 Å². The Kier molecular flexibility index (Phi) is 10.2. The van der Waals surface area contributed by atoms with Crippen molar-refractivity contribution in [1.82, 2.24) is 15.5 Å². The van der Waals surface area contributed by atoms with Gasteiger partial charge in [-0.25, -0.2) is 0 Å². The Bertz CT molecular complexity index is 1350. The van der Waals surface area contributed by atoms with Gasteiger partial charge in [-0.1, -0.05) is 55.8 Å². The summed E-state index contributed by atoms with van der Waals surface area (Å²) in [5, 5.41) is 5.52. The molecule has 4 amide bonds. The van der Waals surface area contributed by atoms with E-state index in [2.05, 4.69) is 10.6 Å². The minimum Gasteiger partial charge on any atom is -0.493 e. The highest BCUT2D eigenvalue weighted by molar-refractivity contribution is 6.37. The Morgan fingerprint density at radius 3 is 2.56 bits per heavy atom. The van der Waals surface area contributed by atoms with Crippen LogP contribution in [0.2, 0.25) is 0 Å². The van der Waals surface area contributed by atoms with Crippen molar-refractivity contribution in [3.8, 4) is 5.75 Å². The molecule has 0 radical (unpaired) electrons. The molecule has 0 aromatic heterocycles. The van der Waals surface area contributed by atoms with E-state index >= 15 is 0 Å². The van der Waals surface area contributed by atoms with E-state index in [4.69, 9.17) is 15.2 Å². The fourth-order valence-corrected chi connectivity index (χ4v) is 5.54. The first-order valence-corrected chi connectivity index (χ1v) is 14.7. The van der Waals surface area contributed by atoms with E-state index in [9.17, 15) is 24.0 Å². The molecule has 11 heteroatoms. The number of Topliss-reactive ketones (excluding diaryl/α,β-unsaturated/α-hetero) is 1. The van der Waals surface area contributed by atoms with Crippen molar-refractivity contribution < 1.29 is 33.4 Å². The van der Waals surface area contributed by atoms with Crippen LogP contribution < -0.4 is 21.1 Å². The number of nitrogens with two attached hydrogens (primary N) is 1. The molecule has 4 atom stereocenters. The second-order valence-electron chi connectivity index (χ2n) is 11.7. The van der Waals surface area contributed by atoms with Gasteiger partial charge < -0.3 is 30.7 Å². The van der Waals surface area contributed by atoms with Crippen molar-refractivity contribution in [1.29, 1.82) is 0 Å². The highest BCUT2D eigenvalue weighted by Gasteiger charge is 2.45. The van der Waals surface area contributed by atoms with Crippen LogP contribution in [0.3, 0.4) is 0 Å². The van der Waals surface area contributed by atoms with Gasteiger partial charge in [0.1, 0.15) is 17.8 Å². The van der Waals surface area contributed by atoms with Crippen LogP contribution in [0.4, 0.5) is 0 Å². The van der Waals surface area contributed by atoms with Crippen LogP contribution in [-0.2, 0) is 35.1 Å². The number of carbonyl (C=O) groups excluding carboxylic acids is 5. The van der Waals surface area contributed by atoms with E-state index in [1.165, 1.54) is 4.90 Å². The Morgan fingerprint density at radius 2 is 1.86 bits per heavy atom. The summed E-state index contributed by atoms with van der Waals surface area (Å²) >= 11 is 0. The van der Waals surface area contributed by atoms with Crippen LogP contribution in [-0.4, -0.2) is 71.3 Å². The van der Waals surface area contributed by atoms with Crippen molar-refractivity contribution in [3.63, 3.8) is 0 Å². The Hall–Kier alpha value is -4.25. The largest absolute Gasteiger partial charge is 0.493 e. The lowest BCUT2D eigenvalue weighted by Gasteiger charge is -2.30. The number of amides is 4. The van der Waals surface area contributed by atoms with Crippen LogP contribution in [0.25, 0.3) is 0 Å². The number of rotatable bonds is 7. The lowest BCUT2D eigenvalue weighted by molar-refractivity contribution is -0.143. The van der Waals surface area contributed by atoms with Gasteiger partial charge >= 0.3 is 0 Å². The maximum absolute atomic E-state index is 14.3. The second kappa shape index (κ2) is 13.8. The van der Waals surface area contributed by atoms with Crippen molar-refractivity contribution >= 4 is 29.4 Å². The molecule has 4 N–H and O–H groups in total. The predicted molar refractivity (Wildman–Crippen MR) is 158 cm³/mol. The topological polar surface area (TPSA) is 157 Å². The number of primary amides is 1. The number of hydrogen-bond donors (Lipinski definition) is 3. The van der Waals surface area contributed by atoms with E-state index in [-0.39, 0.29) is 31.7 Å². The summed E-state index contributed by atoms with van der Waals surface area (Å²) in [4.78, 5) is 66.7. The third kappa shape index (κ3) is 8.19. The molecule has 2 aromatic rings. The summed E-state index contributed by atoms with van der Waals surface area (Å²) in [6, 6.07) is 12.8. The summed E-state index contributed by atoms with van der Waals surface area (Å²) in [7, 11) is 0. The van der Waals surface area contributed by atoms with Gasteiger partial charge in [0.25, 0.3) is 11.8 Å². The molecule has 4 rings (SSSR count). The Morgan fingerprint density at radius 1 is 1.12 bits per heavy atom. The van der Waals surface area contributed by atoms with Crippen molar-refractivity contribution in [2.75, 3.05) is 13.2 Å². The van der Waals surface area contributed by atoms with E-state index in [1.54, 1.807) is 36.4 Å². The number of nitrogens with one attached hydrogen (secondary N) is 2. The maximum Gasteiger partial charge on any atom is 0.287 e. The zero-order valence-electron chi connectivity index (χ0n) is 24.8. The van der Waals surface area contributed by atoms with Gasteiger partial charge in [-0.05, 0) is 43.5 Å². The minimum absolute atomic E-state index is 0.0168. The van der Waals surface area contributed by atoms with Crippen LogP contribution in [0, 0.1) is 0 Å². The standard InChI is InChI=1S/C32H40N4O7/c1-4-9-24(28(38)29(33)39)34-30(40)25-18-23-19-36(25)31(41)27(21-11-6-5-7-12-21)35-26(37)17-20-10-8-13-22(16-20)42-15-14-32(2,3)43-23/h5-8,10-13,16,23-25,27H,4,9,14-15,17-19H2,1-3H3,(H2,33,39)(H,34,40)(H,35,37)/t23-,24?,25?,27+/m1/s1. The van der Waals surface area contributed by atoms with Crippen molar-refractivity contribution in [3.05, 3.63) is 65.7 Å². The summed E-state index contributed by atoms with van der Waals surface area (Å²) in [6.07, 6.45) is 0.908. The van der Waals surface area contributed by atoms with Crippen molar-refractivity contribution in [2.45, 2.75) is 82.7 Å². The first-order chi connectivity index (χ1) is 20.5. The molecular formula is C32H40N4O7. The number of hydrogen-bond acceptors (Lipinski definition) is 7. The molecule has 4 bridgehead atoms. The van der Waals surface area contributed by atoms with Gasteiger partial charge in [-0.3, -0.25) is 24.0 Å². The number of fused-ring (bicyclic) bond motifs is 4. The average Bonchev–Trinajstić information content (AvgIpc) is 3.38. The molecule has 0 saturated carbocycles. The van der Waals surface area contributed by atoms with Gasteiger partial charge in [0.05, 0.1) is 30.8 Å². The molecule has 2 aliphatic heterocycles. The smallest absolute Gasteiger partial charge is 0.287 e. The van der Waals surface area contributed by atoms with Gasteiger partial charge in [-0.15, -0.1) is 0 Å². The van der Waals surface area contributed by atoms with Gasteiger partial charge in [0, 0.05) is 19.4 Å². The number of ketones is 1. The molecule has 2 heterocycles. The minimum atomic E-state index is -1.14. The summed E-state index contributed by atoms with van der Waals surface area (Å²) in [5.74, 6) is -2.88. The first kappa shape index (κ1) is 31.7. The van der Waals surface area contributed by atoms with Crippen molar-refractivity contribution in [2.24, 2.45) is 5.73 Å².